The van der Waals surface area contributed by atoms with Crippen molar-refractivity contribution in [2.75, 3.05) is 0 Å². The van der Waals surface area contributed by atoms with Gasteiger partial charge in [-0.2, -0.15) is 5.26 Å². The molecule has 0 aliphatic heterocycles. The van der Waals surface area contributed by atoms with Crippen molar-refractivity contribution in [1.29, 1.82) is 5.26 Å². The second kappa shape index (κ2) is 2.83. The number of nitriles is 1. The first kappa shape index (κ1) is 7.93. The van der Waals surface area contributed by atoms with Gasteiger partial charge in [0.05, 0.1) is 12.0 Å². The van der Waals surface area contributed by atoms with Gasteiger partial charge in [-0.25, -0.2) is 8.78 Å². The number of rotatable bonds is 1. The van der Waals surface area contributed by atoms with Gasteiger partial charge >= 0.3 is 0 Å². The minimum atomic E-state index is -2.84. The molecule has 0 aromatic rings. The third-order valence-corrected chi connectivity index (χ3v) is 1.58. The van der Waals surface area contributed by atoms with Gasteiger partial charge in [-0.3, -0.25) is 0 Å². The van der Waals surface area contributed by atoms with Gasteiger partial charge < -0.3 is 0 Å². The lowest BCUT2D eigenvalue weighted by Gasteiger charge is -2.20. The molecule has 1 aliphatic rings. The van der Waals surface area contributed by atoms with Crippen LogP contribution in [-0.2, 0) is 0 Å². The minimum absolute atomic E-state index is 0.131. The number of halogens is 2. The summed E-state index contributed by atoms with van der Waals surface area (Å²) < 4.78 is 25.5. The van der Waals surface area contributed by atoms with Crippen LogP contribution >= 0.6 is 0 Å². The van der Waals surface area contributed by atoms with Crippen LogP contribution in [0.3, 0.4) is 0 Å². The van der Waals surface area contributed by atoms with E-state index in [0.29, 0.717) is 0 Å². The Morgan fingerprint density at radius 3 is 2.73 bits per heavy atom. The fourth-order valence-electron chi connectivity index (χ4n) is 0.936. The van der Waals surface area contributed by atoms with Crippen molar-refractivity contribution in [1.82, 2.24) is 0 Å². The molecule has 0 amide bonds. The molecular formula is C8H7F2N. The molecule has 1 nitrogen and oxygen atoms in total. The van der Waals surface area contributed by atoms with Crippen LogP contribution in [0.5, 0.6) is 0 Å². The van der Waals surface area contributed by atoms with Crippen molar-refractivity contribution < 1.29 is 8.78 Å². The third-order valence-electron chi connectivity index (χ3n) is 1.58. The Morgan fingerprint density at radius 2 is 2.18 bits per heavy atom. The number of alkyl halides is 2. The summed E-state index contributed by atoms with van der Waals surface area (Å²) in [5, 5.41) is 8.21. The molecule has 0 fully saturated rings. The fourth-order valence-corrected chi connectivity index (χ4v) is 0.936. The summed E-state index contributed by atoms with van der Waals surface area (Å²) in [6, 6.07) is 1.73. The molecule has 1 aliphatic carbocycles. The Hall–Kier alpha value is -1.17. The molecule has 0 spiro atoms. The number of hydrogen-bond donors (Lipinski definition) is 0. The van der Waals surface area contributed by atoms with Crippen LogP contribution in [0.4, 0.5) is 8.78 Å². The van der Waals surface area contributed by atoms with Gasteiger partial charge in [0.2, 0.25) is 0 Å². The van der Waals surface area contributed by atoms with Crippen LogP contribution < -0.4 is 0 Å². The normalized spacial score (nSPS) is 26.5. The third kappa shape index (κ3) is 1.64. The zero-order chi connectivity index (χ0) is 8.32. The molecule has 0 N–H and O–H groups in total. The maximum absolute atomic E-state index is 12.8. The van der Waals surface area contributed by atoms with Crippen molar-refractivity contribution in [2.24, 2.45) is 5.92 Å². The van der Waals surface area contributed by atoms with E-state index < -0.39 is 11.8 Å². The molecule has 1 atom stereocenters. The molecule has 1 unspecified atom stereocenters. The summed E-state index contributed by atoms with van der Waals surface area (Å²) in [5.41, 5.74) is 0. The Labute approximate surface area is 63.6 Å². The van der Waals surface area contributed by atoms with E-state index in [1.165, 1.54) is 12.2 Å². The minimum Gasteiger partial charge on any atom is -0.201 e. The van der Waals surface area contributed by atoms with Crippen molar-refractivity contribution in [2.45, 2.75) is 12.3 Å². The zero-order valence-electron chi connectivity index (χ0n) is 5.80. The average Bonchev–Trinajstić information content (AvgIpc) is 1.94. The summed E-state index contributed by atoms with van der Waals surface area (Å²) in [6.45, 7) is 0. The Morgan fingerprint density at radius 1 is 1.45 bits per heavy atom. The van der Waals surface area contributed by atoms with E-state index in [2.05, 4.69) is 0 Å². The molecule has 58 valence electrons. The van der Waals surface area contributed by atoms with Gasteiger partial charge in [-0.15, -0.1) is 0 Å². The fraction of sp³-hybridized carbons (Fsp3) is 0.375. The molecule has 0 heterocycles. The maximum Gasteiger partial charge on any atom is 0.273 e. The topological polar surface area (TPSA) is 23.8 Å². The Kier molecular flexibility index (Phi) is 2.04. The predicted octanol–water partition coefficient (Wildman–Crippen LogP) is 2.28. The highest BCUT2D eigenvalue weighted by Gasteiger charge is 2.35. The molecule has 11 heavy (non-hydrogen) atoms. The number of allylic oxidation sites excluding steroid dienone is 4. The zero-order valence-corrected chi connectivity index (χ0v) is 5.80. The highest BCUT2D eigenvalue weighted by Crippen LogP contribution is 2.32. The van der Waals surface area contributed by atoms with E-state index in [1.54, 1.807) is 12.1 Å². The summed E-state index contributed by atoms with van der Waals surface area (Å²) in [7, 11) is 0. The molecule has 3 heteroatoms. The van der Waals surface area contributed by atoms with Gasteiger partial charge in [0.25, 0.3) is 5.92 Å². The molecule has 0 saturated carbocycles. The van der Waals surface area contributed by atoms with Crippen LogP contribution in [0.2, 0.25) is 0 Å². The van der Waals surface area contributed by atoms with Gasteiger partial charge in [0.15, 0.2) is 0 Å². The predicted molar refractivity (Wildman–Crippen MR) is 36.9 cm³/mol. The summed E-state index contributed by atoms with van der Waals surface area (Å²) in [5.74, 6) is -3.79. The van der Waals surface area contributed by atoms with Gasteiger partial charge in [-0.05, 0) is 6.08 Å². The van der Waals surface area contributed by atoms with Crippen molar-refractivity contribution >= 4 is 0 Å². The Balaban J connectivity index is 2.73. The second-order valence-corrected chi connectivity index (χ2v) is 2.39. The SMILES string of the molecule is N#CCC1C=CC=CC1(F)F. The first-order chi connectivity index (χ1) is 5.17. The quantitative estimate of drug-likeness (QED) is 0.569. The van der Waals surface area contributed by atoms with E-state index in [9.17, 15) is 8.78 Å². The highest BCUT2D eigenvalue weighted by atomic mass is 19.3. The Bertz CT molecular complexity index is 235. The van der Waals surface area contributed by atoms with Crippen LogP contribution in [0.15, 0.2) is 24.3 Å². The van der Waals surface area contributed by atoms with Crippen LogP contribution in [0, 0.1) is 17.2 Å². The highest BCUT2D eigenvalue weighted by molar-refractivity contribution is 5.19. The molecular weight excluding hydrogens is 148 g/mol. The van der Waals surface area contributed by atoms with Crippen LogP contribution in [-0.4, -0.2) is 5.92 Å². The standard InChI is InChI=1S/C8H7F2N/c9-8(10)5-2-1-3-7(8)4-6-11/h1-3,5,7H,4H2. The molecule has 1 rings (SSSR count). The molecule has 0 radical (unpaired) electrons. The average molecular weight is 155 g/mol. The first-order valence-electron chi connectivity index (χ1n) is 3.27. The molecule has 0 saturated heterocycles. The van der Waals surface area contributed by atoms with Gasteiger partial charge in [-0.1, -0.05) is 18.2 Å². The van der Waals surface area contributed by atoms with E-state index in [4.69, 9.17) is 5.26 Å². The molecule has 0 aromatic heterocycles. The number of hydrogen-bond acceptors (Lipinski definition) is 1. The van der Waals surface area contributed by atoms with E-state index in [0.717, 1.165) is 6.08 Å². The van der Waals surface area contributed by atoms with Gasteiger partial charge in [0, 0.05) is 6.42 Å². The number of nitrogens with zero attached hydrogens (tertiary/aromatic N) is 1. The lowest BCUT2D eigenvalue weighted by molar-refractivity contribution is 0.0110. The lowest BCUT2D eigenvalue weighted by atomic mass is 9.94. The monoisotopic (exact) mass is 155 g/mol. The van der Waals surface area contributed by atoms with Crippen LogP contribution in [0.1, 0.15) is 6.42 Å². The van der Waals surface area contributed by atoms with Gasteiger partial charge in [0.1, 0.15) is 0 Å². The summed E-state index contributed by atoms with van der Waals surface area (Å²) in [4.78, 5) is 0. The maximum atomic E-state index is 12.8. The summed E-state index contributed by atoms with van der Waals surface area (Å²) >= 11 is 0. The summed E-state index contributed by atoms with van der Waals surface area (Å²) in [6.07, 6.45) is 4.90. The lowest BCUT2D eigenvalue weighted by Crippen LogP contribution is -2.25. The van der Waals surface area contributed by atoms with Crippen LogP contribution in [0.25, 0.3) is 0 Å². The van der Waals surface area contributed by atoms with E-state index in [1.807, 2.05) is 0 Å². The van der Waals surface area contributed by atoms with Crippen molar-refractivity contribution in [3.63, 3.8) is 0 Å². The second-order valence-electron chi connectivity index (χ2n) is 2.39. The molecule has 0 bridgehead atoms. The van der Waals surface area contributed by atoms with Crippen molar-refractivity contribution in [3.05, 3.63) is 24.3 Å². The first-order valence-corrected chi connectivity index (χ1v) is 3.27. The smallest absolute Gasteiger partial charge is 0.201 e. The van der Waals surface area contributed by atoms with E-state index in [-0.39, 0.29) is 6.42 Å². The largest absolute Gasteiger partial charge is 0.273 e. The van der Waals surface area contributed by atoms with E-state index >= 15 is 0 Å². The molecule has 0 aromatic carbocycles. The van der Waals surface area contributed by atoms with Crippen molar-refractivity contribution in [3.8, 4) is 6.07 Å².